The average Bonchev–Trinajstić information content (AvgIpc) is 2.23. The van der Waals surface area contributed by atoms with E-state index in [9.17, 15) is 4.39 Å². The van der Waals surface area contributed by atoms with Crippen molar-refractivity contribution in [1.29, 1.82) is 0 Å². The number of amidine groups is 1. The van der Waals surface area contributed by atoms with Gasteiger partial charge in [0.25, 0.3) is 0 Å². The Morgan fingerprint density at radius 3 is 2.88 bits per heavy atom. The minimum Gasteiger partial charge on any atom is -0.409 e. The van der Waals surface area contributed by atoms with Crippen molar-refractivity contribution in [3.05, 3.63) is 29.6 Å². The van der Waals surface area contributed by atoms with E-state index in [0.29, 0.717) is 12.0 Å². The molecule has 0 bridgehead atoms. The topological polar surface area (TPSA) is 70.6 Å². The highest BCUT2D eigenvalue weighted by Gasteiger charge is 2.06. The van der Waals surface area contributed by atoms with Crippen molar-refractivity contribution in [1.82, 2.24) is 0 Å². The van der Waals surface area contributed by atoms with E-state index in [2.05, 4.69) is 10.5 Å². The van der Waals surface area contributed by atoms with E-state index in [1.165, 1.54) is 6.07 Å². The SMILES string of the molecule is Cc1cc(NC(C)CC(N)=NO)ccc1F. The Hall–Kier alpha value is -1.78. The minimum absolute atomic E-state index is 0.0146. The predicted octanol–water partition coefficient (Wildman–Crippen LogP) is 2.07. The first-order valence-electron chi connectivity index (χ1n) is 5.02. The molecule has 1 aromatic rings. The molecule has 0 spiro atoms. The number of anilines is 1. The lowest BCUT2D eigenvalue weighted by Crippen LogP contribution is -2.24. The lowest BCUT2D eigenvalue weighted by molar-refractivity contribution is 0.316. The van der Waals surface area contributed by atoms with Crippen molar-refractivity contribution in [3.8, 4) is 0 Å². The first-order valence-corrected chi connectivity index (χ1v) is 5.02. The van der Waals surface area contributed by atoms with Gasteiger partial charge in [-0.15, -0.1) is 0 Å². The van der Waals surface area contributed by atoms with Crippen LogP contribution < -0.4 is 11.1 Å². The van der Waals surface area contributed by atoms with Gasteiger partial charge in [0.05, 0.1) is 0 Å². The molecular weight excluding hydrogens is 209 g/mol. The van der Waals surface area contributed by atoms with Gasteiger partial charge in [-0.05, 0) is 37.6 Å². The highest BCUT2D eigenvalue weighted by Crippen LogP contribution is 2.15. The summed E-state index contributed by atoms with van der Waals surface area (Å²) < 4.78 is 13.0. The van der Waals surface area contributed by atoms with E-state index < -0.39 is 0 Å². The molecule has 4 N–H and O–H groups in total. The van der Waals surface area contributed by atoms with Crippen molar-refractivity contribution >= 4 is 11.5 Å². The number of aryl methyl sites for hydroxylation is 1. The predicted molar refractivity (Wildman–Crippen MR) is 62.2 cm³/mol. The second-order valence-corrected chi connectivity index (χ2v) is 3.80. The molecule has 1 atom stereocenters. The number of hydrogen-bond donors (Lipinski definition) is 3. The molecule has 0 heterocycles. The van der Waals surface area contributed by atoms with Crippen molar-refractivity contribution in [2.75, 3.05) is 5.32 Å². The number of halogens is 1. The van der Waals surface area contributed by atoms with E-state index in [4.69, 9.17) is 10.9 Å². The third-order valence-electron chi connectivity index (χ3n) is 2.21. The first kappa shape index (κ1) is 12.3. The molecule has 5 heteroatoms. The van der Waals surface area contributed by atoms with Crippen LogP contribution in [-0.2, 0) is 0 Å². The number of oxime groups is 1. The minimum atomic E-state index is -0.227. The zero-order chi connectivity index (χ0) is 12.1. The molecule has 0 aromatic heterocycles. The zero-order valence-electron chi connectivity index (χ0n) is 9.37. The molecule has 0 amide bonds. The molecular formula is C11H16FN3O. The van der Waals surface area contributed by atoms with Gasteiger partial charge in [0.2, 0.25) is 0 Å². The molecule has 0 aliphatic carbocycles. The van der Waals surface area contributed by atoms with Gasteiger partial charge in [-0.3, -0.25) is 0 Å². The van der Waals surface area contributed by atoms with Crippen molar-refractivity contribution in [3.63, 3.8) is 0 Å². The van der Waals surface area contributed by atoms with Gasteiger partial charge >= 0.3 is 0 Å². The third kappa shape index (κ3) is 3.42. The summed E-state index contributed by atoms with van der Waals surface area (Å²) in [6.45, 7) is 3.60. The van der Waals surface area contributed by atoms with Crippen LogP contribution in [-0.4, -0.2) is 17.1 Å². The summed E-state index contributed by atoms with van der Waals surface area (Å²) in [5.74, 6) is -0.0616. The van der Waals surface area contributed by atoms with E-state index >= 15 is 0 Å². The molecule has 0 saturated carbocycles. The smallest absolute Gasteiger partial charge is 0.141 e. The summed E-state index contributed by atoms with van der Waals surface area (Å²) >= 11 is 0. The Kier molecular flexibility index (Phi) is 4.10. The van der Waals surface area contributed by atoms with E-state index in [-0.39, 0.29) is 17.7 Å². The summed E-state index contributed by atoms with van der Waals surface area (Å²) in [6.07, 6.45) is 0.424. The average molecular weight is 225 g/mol. The Labute approximate surface area is 94.0 Å². The Morgan fingerprint density at radius 2 is 2.31 bits per heavy atom. The lowest BCUT2D eigenvalue weighted by atomic mass is 10.1. The zero-order valence-corrected chi connectivity index (χ0v) is 9.37. The fourth-order valence-corrected chi connectivity index (χ4v) is 1.42. The number of benzene rings is 1. The standard InChI is InChI=1S/C11H16FN3O/c1-7-5-9(3-4-10(7)12)14-8(2)6-11(13)15-16/h3-5,8,14,16H,6H2,1-2H3,(H2,13,15). The Balaban J connectivity index is 2.63. The number of rotatable bonds is 4. The summed E-state index contributed by atoms with van der Waals surface area (Å²) in [5, 5.41) is 14.4. The molecule has 0 radical (unpaired) electrons. The highest BCUT2D eigenvalue weighted by molar-refractivity contribution is 5.80. The maximum Gasteiger partial charge on any atom is 0.141 e. The fourth-order valence-electron chi connectivity index (χ4n) is 1.42. The number of nitrogens with one attached hydrogen (secondary N) is 1. The molecule has 1 aromatic carbocycles. The van der Waals surface area contributed by atoms with Crippen LogP contribution in [0.3, 0.4) is 0 Å². The number of nitrogens with two attached hydrogens (primary N) is 1. The maximum atomic E-state index is 13.0. The molecule has 88 valence electrons. The van der Waals surface area contributed by atoms with E-state index in [1.54, 1.807) is 19.1 Å². The first-order chi connectivity index (χ1) is 7.52. The van der Waals surface area contributed by atoms with Crippen LogP contribution in [0.25, 0.3) is 0 Å². The normalized spacial score (nSPS) is 13.6. The summed E-state index contributed by atoms with van der Waals surface area (Å²) in [6, 6.07) is 4.80. The molecule has 0 aliphatic rings. The number of hydrogen-bond acceptors (Lipinski definition) is 3. The molecule has 0 saturated heterocycles. The van der Waals surface area contributed by atoms with Gasteiger partial charge < -0.3 is 16.3 Å². The maximum absolute atomic E-state index is 13.0. The quantitative estimate of drug-likeness (QED) is 0.318. The van der Waals surface area contributed by atoms with Crippen molar-refractivity contribution in [2.24, 2.45) is 10.9 Å². The van der Waals surface area contributed by atoms with Crippen LogP contribution >= 0.6 is 0 Å². The van der Waals surface area contributed by atoms with E-state index in [0.717, 1.165) is 5.69 Å². The van der Waals surface area contributed by atoms with Gasteiger partial charge in [0, 0.05) is 18.2 Å². The molecule has 0 aliphatic heterocycles. The lowest BCUT2D eigenvalue weighted by Gasteiger charge is -2.14. The second-order valence-electron chi connectivity index (χ2n) is 3.80. The Bertz CT molecular complexity index is 393. The van der Waals surface area contributed by atoms with Crippen molar-refractivity contribution < 1.29 is 9.60 Å². The van der Waals surface area contributed by atoms with Crippen LogP contribution in [0.1, 0.15) is 18.9 Å². The van der Waals surface area contributed by atoms with Crippen LogP contribution in [0, 0.1) is 12.7 Å². The van der Waals surface area contributed by atoms with E-state index in [1.807, 2.05) is 6.92 Å². The second kappa shape index (κ2) is 5.34. The molecule has 1 unspecified atom stereocenters. The molecule has 0 fully saturated rings. The van der Waals surface area contributed by atoms with Crippen LogP contribution in [0.4, 0.5) is 10.1 Å². The van der Waals surface area contributed by atoms with Gasteiger partial charge in [-0.1, -0.05) is 5.16 Å². The van der Waals surface area contributed by atoms with Gasteiger partial charge in [0.15, 0.2) is 0 Å². The Morgan fingerprint density at radius 1 is 1.62 bits per heavy atom. The largest absolute Gasteiger partial charge is 0.409 e. The highest BCUT2D eigenvalue weighted by atomic mass is 19.1. The summed E-state index contributed by atoms with van der Waals surface area (Å²) in [7, 11) is 0. The van der Waals surface area contributed by atoms with Crippen LogP contribution in [0.15, 0.2) is 23.4 Å². The van der Waals surface area contributed by atoms with Crippen LogP contribution in [0.5, 0.6) is 0 Å². The van der Waals surface area contributed by atoms with Gasteiger partial charge in [0.1, 0.15) is 11.7 Å². The van der Waals surface area contributed by atoms with Crippen molar-refractivity contribution in [2.45, 2.75) is 26.3 Å². The van der Waals surface area contributed by atoms with Crippen LogP contribution in [0.2, 0.25) is 0 Å². The molecule has 4 nitrogen and oxygen atoms in total. The summed E-state index contributed by atoms with van der Waals surface area (Å²) in [4.78, 5) is 0. The third-order valence-corrected chi connectivity index (χ3v) is 2.21. The van der Waals surface area contributed by atoms with Gasteiger partial charge in [-0.25, -0.2) is 4.39 Å². The van der Waals surface area contributed by atoms with Gasteiger partial charge in [-0.2, -0.15) is 0 Å². The fraction of sp³-hybridized carbons (Fsp3) is 0.364. The summed E-state index contributed by atoms with van der Waals surface area (Å²) in [5.41, 5.74) is 6.78. The molecule has 1 rings (SSSR count). The number of nitrogens with zero attached hydrogens (tertiary/aromatic N) is 1. The molecule has 16 heavy (non-hydrogen) atoms. The monoisotopic (exact) mass is 225 g/mol.